The Morgan fingerprint density at radius 2 is 2.00 bits per heavy atom. The number of nitrogens with zero attached hydrogens (tertiary/aromatic N) is 2. The zero-order valence-corrected chi connectivity index (χ0v) is 13.0. The molecule has 5 heteroatoms. The van der Waals surface area contributed by atoms with Crippen molar-refractivity contribution in [3.05, 3.63) is 29.8 Å². The third-order valence-electron chi connectivity index (χ3n) is 4.75. The van der Waals surface area contributed by atoms with Crippen LogP contribution in [0.5, 0.6) is 0 Å². The zero-order chi connectivity index (χ0) is 15.7. The molecular formula is C17H23N3O2. The molecule has 2 fully saturated rings. The SMILES string of the molecule is Cc1ccc(N2CC(C(=O)N3CCC(CN)C3)CC2=O)cc1. The summed E-state index contributed by atoms with van der Waals surface area (Å²) >= 11 is 0. The minimum Gasteiger partial charge on any atom is -0.342 e. The predicted octanol–water partition coefficient (Wildman–Crippen LogP) is 1.16. The number of hydrogen-bond donors (Lipinski definition) is 1. The number of nitrogens with two attached hydrogens (primary N) is 1. The van der Waals surface area contributed by atoms with E-state index in [1.54, 1.807) is 4.90 Å². The molecule has 2 heterocycles. The number of likely N-dealkylation sites (tertiary alicyclic amines) is 1. The third-order valence-corrected chi connectivity index (χ3v) is 4.75. The van der Waals surface area contributed by atoms with Gasteiger partial charge in [0.05, 0.1) is 5.92 Å². The average molecular weight is 301 g/mol. The first-order valence-electron chi connectivity index (χ1n) is 7.94. The molecule has 2 saturated heterocycles. The van der Waals surface area contributed by atoms with Crippen LogP contribution in [0.15, 0.2) is 24.3 Å². The van der Waals surface area contributed by atoms with Gasteiger partial charge in [-0.3, -0.25) is 9.59 Å². The second-order valence-corrected chi connectivity index (χ2v) is 6.42. The van der Waals surface area contributed by atoms with Gasteiger partial charge in [0.15, 0.2) is 0 Å². The molecule has 2 atom stereocenters. The number of anilines is 1. The van der Waals surface area contributed by atoms with Gasteiger partial charge in [-0.15, -0.1) is 0 Å². The lowest BCUT2D eigenvalue weighted by atomic mass is 10.1. The van der Waals surface area contributed by atoms with Gasteiger partial charge in [-0.25, -0.2) is 0 Å². The summed E-state index contributed by atoms with van der Waals surface area (Å²) < 4.78 is 0. The molecule has 5 nitrogen and oxygen atoms in total. The van der Waals surface area contributed by atoms with E-state index in [0.717, 1.165) is 30.8 Å². The molecular weight excluding hydrogens is 278 g/mol. The summed E-state index contributed by atoms with van der Waals surface area (Å²) in [5.41, 5.74) is 7.72. The van der Waals surface area contributed by atoms with Crippen molar-refractivity contribution in [2.75, 3.05) is 31.1 Å². The highest BCUT2D eigenvalue weighted by Crippen LogP contribution is 2.28. The van der Waals surface area contributed by atoms with Gasteiger partial charge in [0.25, 0.3) is 0 Å². The molecule has 0 aliphatic carbocycles. The molecule has 2 amide bonds. The van der Waals surface area contributed by atoms with Crippen molar-refractivity contribution in [2.45, 2.75) is 19.8 Å². The molecule has 2 unspecified atom stereocenters. The number of carbonyl (C=O) groups is 2. The molecule has 1 aromatic rings. The van der Waals surface area contributed by atoms with Crippen LogP contribution in [0.2, 0.25) is 0 Å². The smallest absolute Gasteiger partial charge is 0.228 e. The number of aryl methyl sites for hydroxylation is 1. The van der Waals surface area contributed by atoms with Crippen LogP contribution in [-0.4, -0.2) is 42.9 Å². The van der Waals surface area contributed by atoms with E-state index in [9.17, 15) is 9.59 Å². The minimum atomic E-state index is -0.217. The lowest BCUT2D eigenvalue weighted by Crippen LogP contribution is -2.36. The Morgan fingerprint density at radius 3 is 2.64 bits per heavy atom. The predicted molar refractivity (Wildman–Crippen MR) is 85.4 cm³/mol. The van der Waals surface area contributed by atoms with Crippen LogP contribution >= 0.6 is 0 Å². The van der Waals surface area contributed by atoms with Crippen molar-refractivity contribution in [3.63, 3.8) is 0 Å². The van der Waals surface area contributed by atoms with Gasteiger partial charge in [-0.1, -0.05) is 17.7 Å². The van der Waals surface area contributed by atoms with E-state index in [4.69, 9.17) is 5.73 Å². The zero-order valence-electron chi connectivity index (χ0n) is 13.0. The normalized spacial score (nSPS) is 25.1. The van der Waals surface area contributed by atoms with Gasteiger partial charge < -0.3 is 15.5 Å². The summed E-state index contributed by atoms with van der Waals surface area (Å²) in [4.78, 5) is 28.5. The minimum absolute atomic E-state index is 0.0387. The van der Waals surface area contributed by atoms with E-state index in [1.807, 2.05) is 36.1 Å². The molecule has 118 valence electrons. The number of carbonyl (C=O) groups excluding carboxylic acids is 2. The standard InChI is InChI=1S/C17H23N3O2/c1-12-2-4-15(5-3-12)20-11-14(8-16(20)21)17(22)19-7-6-13(9-18)10-19/h2-5,13-14H,6-11,18H2,1H3. The Hall–Kier alpha value is -1.88. The van der Waals surface area contributed by atoms with Crippen LogP contribution in [0.4, 0.5) is 5.69 Å². The highest BCUT2D eigenvalue weighted by molar-refractivity contribution is 6.00. The molecule has 0 aromatic heterocycles. The van der Waals surface area contributed by atoms with E-state index in [1.165, 1.54) is 0 Å². The van der Waals surface area contributed by atoms with E-state index < -0.39 is 0 Å². The fraction of sp³-hybridized carbons (Fsp3) is 0.529. The van der Waals surface area contributed by atoms with Crippen molar-refractivity contribution in [1.82, 2.24) is 4.90 Å². The maximum Gasteiger partial charge on any atom is 0.228 e. The molecule has 2 N–H and O–H groups in total. The lowest BCUT2D eigenvalue weighted by Gasteiger charge is -2.21. The van der Waals surface area contributed by atoms with Crippen molar-refractivity contribution in [2.24, 2.45) is 17.6 Å². The van der Waals surface area contributed by atoms with Gasteiger partial charge in [-0.2, -0.15) is 0 Å². The number of rotatable bonds is 3. The molecule has 3 rings (SSSR count). The van der Waals surface area contributed by atoms with Gasteiger partial charge in [0.1, 0.15) is 0 Å². The van der Waals surface area contributed by atoms with Crippen molar-refractivity contribution in [1.29, 1.82) is 0 Å². The summed E-state index contributed by atoms with van der Waals surface area (Å²) in [6.45, 7) is 4.65. The van der Waals surface area contributed by atoms with E-state index in [-0.39, 0.29) is 17.7 Å². The van der Waals surface area contributed by atoms with Crippen LogP contribution in [0.3, 0.4) is 0 Å². The first-order valence-corrected chi connectivity index (χ1v) is 7.94. The first-order chi connectivity index (χ1) is 10.6. The Balaban J connectivity index is 1.66. The summed E-state index contributed by atoms with van der Waals surface area (Å²) in [6.07, 6.45) is 1.29. The molecule has 22 heavy (non-hydrogen) atoms. The monoisotopic (exact) mass is 301 g/mol. The number of amides is 2. The lowest BCUT2D eigenvalue weighted by molar-refractivity contribution is -0.134. The number of benzene rings is 1. The molecule has 2 aliphatic heterocycles. The van der Waals surface area contributed by atoms with Crippen molar-refractivity contribution < 1.29 is 9.59 Å². The second-order valence-electron chi connectivity index (χ2n) is 6.42. The fourth-order valence-electron chi connectivity index (χ4n) is 3.33. The Kier molecular flexibility index (Phi) is 4.16. The summed E-state index contributed by atoms with van der Waals surface area (Å²) in [5.74, 6) is 0.343. The van der Waals surface area contributed by atoms with E-state index in [2.05, 4.69) is 0 Å². The maximum absolute atomic E-state index is 12.6. The van der Waals surface area contributed by atoms with E-state index >= 15 is 0 Å². The quantitative estimate of drug-likeness (QED) is 0.911. The highest BCUT2D eigenvalue weighted by Gasteiger charge is 2.38. The first kappa shape index (κ1) is 15.0. The molecule has 0 saturated carbocycles. The van der Waals surface area contributed by atoms with Crippen molar-refractivity contribution in [3.8, 4) is 0 Å². The Morgan fingerprint density at radius 1 is 1.27 bits per heavy atom. The van der Waals surface area contributed by atoms with Gasteiger partial charge in [-0.05, 0) is 37.9 Å². The molecule has 0 spiro atoms. The maximum atomic E-state index is 12.6. The summed E-state index contributed by atoms with van der Waals surface area (Å²) in [7, 11) is 0. The molecule has 1 aromatic carbocycles. The molecule has 0 radical (unpaired) electrons. The average Bonchev–Trinajstić information content (AvgIpc) is 3.14. The topological polar surface area (TPSA) is 66.6 Å². The summed E-state index contributed by atoms with van der Waals surface area (Å²) in [5, 5.41) is 0. The van der Waals surface area contributed by atoms with Crippen LogP contribution < -0.4 is 10.6 Å². The number of hydrogen-bond acceptors (Lipinski definition) is 3. The summed E-state index contributed by atoms with van der Waals surface area (Å²) in [6, 6.07) is 7.87. The van der Waals surface area contributed by atoms with Crippen LogP contribution in [-0.2, 0) is 9.59 Å². The fourth-order valence-corrected chi connectivity index (χ4v) is 3.33. The second kappa shape index (κ2) is 6.08. The van der Waals surface area contributed by atoms with Crippen LogP contribution in [0, 0.1) is 18.8 Å². The Bertz CT molecular complexity index is 570. The van der Waals surface area contributed by atoms with Gasteiger partial charge in [0, 0.05) is 31.7 Å². The highest BCUT2D eigenvalue weighted by atomic mass is 16.2. The van der Waals surface area contributed by atoms with E-state index in [0.29, 0.717) is 25.4 Å². The van der Waals surface area contributed by atoms with Gasteiger partial charge in [0.2, 0.25) is 11.8 Å². The van der Waals surface area contributed by atoms with Gasteiger partial charge >= 0.3 is 0 Å². The Labute approximate surface area is 131 Å². The largest absolute Gasteiger partial charge is 0.342 e. The third kappa shape index (κ3) is 2.86. The van der Waals surface area contributed by atoms with Crippen LogP contribution in [0.1, 0.15) is 18.4 Å². The molecule has 2 aliphatic rings. The van der Waals surface area contributed by atoms with Crippen molar-refractivity contribution >= 4 is 17.5 Å². The van der Waals surface area contributed by atoms with Crippen LogP contribution in [0.25, 0.3) is 0 Å². The molecule has 0 bridgehead atoms.